The van der Waals surface area contributed by atoms with Crippen molar-refractivity contribution in [1.82, 2.24) is 14.5 Å². The number of rotatable bonds is 2. The lowest BCUT2D eigenvalue weighted by molar-refractivity contribution is 0.0613. The Kier molecular flexibility index (Phi) is 4.15. The summed E-state index contributed by atoms with van der Waals surface area (Å²) in [4.78, 5) is 30.6. The van der Waals surface area contributed by atoms with Gasteiger partial charge in [0, 0.05) is 26.0 Å². The Morgan fingerprint density at radius 2 is 1.96 bits per heavy atom. The van der Waals surface area contributed by atoms with Gasteiger partial charge in [-0.15, -0.1) is 0 Å². The number of piperidine rings is 1. The molecule has 0 aliphatic carbocycles. The van der Waals surface area contributed by atoms with E-state index in [0.717, 1.165) is 42.5 Å². The van der Waals surface area contributed by atoms with Gasteiger partial charge >= 0.3 is 0 Å². The highest BCUT2D eigenvalue weighted by Crippen LogP contribution is 2.33. The Morgan fingerprint density at radius 1 is 1.19 bits per heavy atom. The van der Waals surface area contributed by atoms with Gasteiger partial charge in [0.1, 0.15) is 0 Å². The molecule has 2 aromatic heterocycles. The lowest BCUT2D eigenvalue weighted by atomic mass is 9.94. The van der Waals surface area contributed by atoms with Crippen LogP contribution in [0.3, 0.4) is 0 Å². The first-order chi connectivity index (χ1) is 12.6. The molecule has 5 nitrogen and oxygen atoms in total. The average Bonchev–Trinajstić information content (AvgIpc) is 3.03. The molecule has 1 amide bonds. The largest absolute Gasteiger partial charge is 0.349 e. The van der Waals surface area contributed by atoms with E-state index in [0.29, 0.717) is 10.9 Å². The second-order valence-corrected chi connectivity index (χ2v) is 7.10. The van der Waals surface area contributed by atoms with Crippen LogP contribution in [0.2, 0.25) is 0 Å². The zero-order valence-electron chi connectivity index (χ0n) is 15.2. The molecule has 3 aromatic rings. The molecule has 1 unspecified atom stereocenters. The van der Waals surface area contributed by atoms with Crippen molar-refractivity contribution in [3.63, 3.8) is 0 Å². The molecule has 134 valence electrons. The highest BCUT2D eigenvalue weighted by Gasteiger charge is 2.31. The Bertz CT molecular complexity index is 1020. The Balaban J connectivity index is 1.81. The van der Waals surface area contributed by atoms with Crippen molar-refractivity contribution in [3.05, 3.63) is 69.8 Å². The molecule has 1 aromatic carbocycles. The van der Waals surface area contributed by atoms with Crippen molar-refractivity contribution in [2.45, 2.75) is 32.2 Å². The highest BCUT2D eigenvalue weighted by atomic mass is 16.2. The summed E-state index contributed by atoms with van der Waals surface area (Å²) in [7, 11) is 1.89. The van der Waals surface area contributed by atoms with Gasteiger partial charge in [0.05, 0.1) is 22.5 Å². The van der Waals surface area contributed by atoms with Crippen molar-refractivity contribution < 1.29 is 4.79 Å². The third-order valence-electron chi connectivity index (χ3n) is 5.38. The minimum Gasteiger partial charge on any atom is -0.349 e. The topological polar surface area (TPSA) is 58.1 Å². The van der Waals surface area contributed by atoms with E-state index in [1.165, 1.54) is 0 Å². The molecule has 1 aliphatic heterocycles. The number of aromatic amines is 1. The number of fused-ring (bicyclic) bond motifs is 1. The number of hydrogen-bond donors (Lipinski definition) is 1. The number of carbonyl (C=O) groups excluding carboxylic acids is 1. The lowest BCUT2D eigenvalue weighted by Gasteiger charge is -2.36. The molecule has 0 radical (unpaired) electrons. The number of carbonyl (C=O) groups is 1. The van der Waals surface area contributed by atoms with Gasteiger partial charge in [-0.2, -0.15) is 0 Å². The predicted octanol–water partition coefficient (Wildman–Crippen LogP) is 3.54. The van der Waals surface area contributed by atoms with Crippen LogP contribution < -0.4 is 5.56 Å². The predicted molar refractivity (Wildman–Crippen MR) is 102 cm³/mol. The molecule has 1 N–H and O–H groups in total. The van der Waals surface area contributed by atoms with Crippen molar-refractivity contribution in [1.29, 1.82) is 0 Å². The third kappa shape index (κ3) is 2.64. The smallest absolute Gasteiger partial charge is 0.258 e. The van der Waals surface area contributed by atoms with Crippen molar-refractivity contribution >= 4 is 16.8 Å². The zero-order valence-corrected chi connectivity index (χ0v) is 15.2. The van der Waals surface area contributed by atoms with E-state index in [9.17, 15) is 9.59 Å². The van der Waals surface area contributed by atoms with Gasteiger partial charge in [-0.05, 0) is 37.3 Å². The molecule has 1 saturated heterocycles. The summed E-state index contributed by atoms with van der Waals surface area (Å²) < 4.78 is 1.88. The summed E-state index contributed by atoms with van der Waals surface area (Å²) >= 11 is 0. The van der Waals surface area contributed by atoms with Crippen molar-refractivity contribution in [2.24, 2.45) is 7.05 Å². The van der Waals surface area contributed by atoms with Crippen LogP contribution in [0.15, 0.2) is 47.5 Å². The van der Waals surface area contributed by atoms with Crippen LogP contribution in [0.5, 0.6) is 0 Å². The van der Waals surface area contributed by atoms with Crippen molar-refractivity contribution in [3.8, 4) is 0 Å². The van der Waals surface area contributed by atoms with Crippen LogP contribution in [0.25, 0.3) is 10.9 Å². The van der Waals surface area contributed by atoms with Gasteiger partial charge in [0.25, 0.3) is 11.5 Å². The fourth-order valence-electron chi connectivity index (χ4n) is 4.16. The molecule has 1 aliphatic rings. The van der Waals surface area contributed by atoms with Crippen LogP contribution in [-0.2, 0) is 7.05 Å². The van der Waals surface area contributed by atoms with E-state index < -0.39 is 0 Å². The zero-order chi connectivity index (χ0) is 18.3. The SMILES string of the molecule is Cc1c[nH]c(=O)c2c(C(=O)N3CCCCC3c3ccccc3)cn(C)c12. The van der Waals surface area contributed by atoms with Crippen LogP contribution in [0.4, 0.5) is 0 Å². The van der Waals surface area contributed by atoms with Gasteiger partial charge < -0.3 is 14.5 Å². The van der Waals surface area contributed by atoms with Crippen LogP contribution >= 0.6 is 0 Å². The number of H-pyrrole nitrogens is 1. The normalized spacial score (nSPS) is 17.6. The molecule has 0 spiro atoms. The summed E-state index contributed by atoms with van der Waals surface area (Å²) in [5.74, 6) is -0.0553. The Labute approximate surface area is 152 Å². The molecule has 3 heterocycles. The summed E-state index contributed by atoms with van der Waals surface area (Å²) in [6.07, 6.45) is 6.56. The van der Waals surface area contributed by atoms with Crippen LogP contribution in [0, 0.1) is 6.92 Å². The number of pyridine rings is 1. The number of amides is 1. The maximum Gasteiger partial charge on any atom is 0.258 e. The molecular weight excluding hydrogens is 326 g/mol. The average molecular weight is 349 g/mol. The fourth-order valence-corrected chi connectivity index (χ4v) is 4.16. The van der Waals surface area contributed by atoms with Gasteiger partial charge in [0.15, 0.2) is 0 Å². The van der Waals surface area contributed by atoms with Gasteiger partial charge in [-0.25, -0.2) is 0 Å². The van der Waals surface area contributed by atoms with E-state index in [-0.39, 0.29) is 17.5 Å². The molecule has 0 saturated carbocycles. The highest BCUT2D eigenvalue weighted by molar-refractivity contribution is 6.07. The summed E-state index contributed by atoms with van der Waals surface area (Å²) in [6, 6.07) is 10.2. The van der Waals surface area contributed by atoms with Crippen molar-refractivity contribution in [2.75, 3.05) is 6.54 Å². The third-order valence-corrected chi connectivity index (χ3v) is 5.38. The number of benzene rings is 1. The van der Waals surface area contributed by atoms with E-state index in [2.05, 4.69) is 17.1 Å². The molecule has 26 heavy (non-hydrogen) atoms. The quantitative estimate of drug-likeness (QED) is 0.769. The maximum atomic E-state index is 13.4. The number of nitrogens with zero attached hydrogens (tertiary/aromatic N) is 2. The summed E-state index contributed by atoms with van der Waals surface area (Å²) in [5.41, 5.74) is 3.23. The molecule has 0 bridgehead atoms. The van der Waals surface area contributed by atoms with Gasteiger partial charge in [0.2, 0.25) is 0 Å². The van der Waals surface area contributed by atoms with Crippen LogP contribution in [0.1, 0.15) is 46.8 Å². The summed E-state index contributed by atoms with van der Waals surface area (Å²) in [6.45, 7) is 2.67. The van der Waals surface area contributed by atoms with E-state index in [1.807, 2.05) is 41.6 Å². The standard InChI is InChI=1S/C21H23N3O2/c1-14-12-22-20(25)18-16(13-23(2)19(14)18)21(26)24-11-7-6-10-17(24)15-8-4-3-5-9-15/h3-5,8-9,12-13,17H,6-7,10-11H2,1-2H3,(H,22,25). The number of hydrogen-bond acceptors (Lipinski definition) is 2. The molecule has 1 atom stereocenters. The maximum absolute atomic E-state index is 13.4. The second kappa shape index (κ2) is 6.48. The molecule has 1 fully saturated rings. The first kappa shape index (κ1) is 16.6. The summed E-state index contributed by atoms with van der Waals surface area (Å²) in [5, 5.41) is 0.495. The monoisotopic (exact) mass is 349 g/mol. The van der Waals surface area contributed by atoms with E-state index in [1.54, 1.807) is 12.4 Å². The molecule has 5 heteroatoms. The minimum atomic E-state index is -0.206. The minimum absolute atomic E-state index is 0.0553. The van der Waals surface area contributed by atoms with Gasteiger partial charge in [-0.1, -0.05) is 30.3 Å². The van der Waals surface area contributed by atoms with Crippen LogP contribution in [-0.4, -0.2) is 26.9 Å². The van der Waals surface area contributed by atoms with E-state index in [4.69, 9.17) is 0 Å². The first-order valence-corrected chi connectivity index (χ1v) is 9.11. The Morgan fingerprint density at radius 3 is 2.73 bits per heavy atom. The number of likely N-dealkylation sites (tertiary alicyclic amines) is 1. The first-order valence-electron chi connectivity index (χ1n) is 9.11. The fraction of sp³-hybridized carbons (Fsp3) is 0.333. The molecule has 4 rings (SSSR count). The lowest BCUT2D eigenvalue weighted by Crippen LogP contribution is -2.38. The number of nitrogens with one attached hydrogen (secondary N) is 1. The van der Waals surface area contributed by atoms with Gasteiger partial charge in [-0.3, -0.25) is 9.59 Å². The Hall–Kier alpha value is -2.82. The number of aryl methyl sites for hydroxylation is 2. The second-order valence-electron chi connectivity index (χ2n) is 7.10. The van der Waals surface area contributed by atoms with E-state index >= 15 is 0 Å². The number of aromatic nitrogens is 2. The molecular formula is C21H23N3O2.